The van der Waals surface area contributed by atoms with Gasteiger partial charge in [0.1, 0.15) is 5.75 Å². The van der Waals surface area contributed by atoms with Crippen LogP contribution in [-0.4, -0.2) is 35.5 Å². The lowest BCUT2D eigenvalue weighted by atomic mass is 10.1. The second-order valence-electron chi connectivity index (χ2n) is 5.95. The molecule has 1 atom stereocenters. The van der Waals surface area contributed by atoms with Crippen molar-refractivity contribution < 1.29 is 9.53 Å². The molecule has 1 aromatic heterocycles. The number of thiazole rings is 1. The Kier molecular flexibility index (Phi) is 4.17. The van der Waals surface area contributed by atoms with Crippen molar-refractivity contribution in [3.63, 3.8) is 0 Å². The Morgan fingerprint density at radius 3 is 2.79 bits per heavy atom. The number of benzene rings is 2. The van der Waals surface area contributed by atoms with E-state index in [2.05, 4.69) is 6.07 Å². The molecule has 1 aliphatic heterocycles. The van der Waals surface area contributed by atoms with Crippen LogP contribution in [0.3, 0.4) is 0 Å². The van der Waals surface area contributed by atoms with Crippen LogP contribution < -0.4 is 4.74 Å². The Bertz CT molecular complexity index is 814. The van der Waals surface area contributed by atoms with Crippen LogP contribution in [0.1, 0.15) is 17.3 Å². The van der Waals surface area contributed by atoms with E-state index < -0.39 is 0 Å². The van der Waals surface area contributed by atoms with Crippen molar-refractivity contribution in [2.45, 2.75) is 12.3 Å². The molecular weight excluding hydrogens is 320 g/mol. The molecule has 0 aliphatic carbocycles. The third-order valence-corrected chi connectivity index (χ3v) is 5.51. The van der Waals surface area contributed by atoms with E-state index in [1.165, 1.54) is 4.70 Å². The minimum Gasteiger partial charge on any atom is -0.484 e. The quantitative estimate of drug-likeness (QED) is 0.728. The van der Waals surface area contributed by atoms with Crippen molar-refractivity contribution in [1.82, 2.24) is 9.88 Å². The van der Waals surface area contributed by atoms with E-state index in [9.17, 15) is 4.79 Å². The molecule has 2 aromatic carbocycles. The van der Waals surface area contributed by atoms with Gasteiger partial charge in [0.25, 0.3) is 5.91 Å². The predicted molar refractivity (Wildman–Crippen MR) is 95.5 cm³/mol. The zero-order valence-corrected chi connectivity index (χ0v) is 14.0. The summed E-state index contributed by atoms with van der Waals surface area (Å²) >= 11 is 1.74. The van der Waals surface area contributed by atoms with Gasteiger partial charge in [0, 0.05) is 19.0 Å². The largest absolute Gasteiger partial charge is 0.484 e. The number of aromatic nitrogens is 1. The summed E-state index contributed by atoms with van der Waals surface area (Å²) < 4.78 is 6.78. The van der Waals surface area contributed by atoms with Gasteiger partial charge in [-0.2, -0.15) is 0 Å². The van der Waals surface area contributed by atoms with Crippen LogP contribution in [0.15, 0.2) is 54.6 Å². The number of carbonyl (C=O) groups is 1. The summed E-state index contributed by atoms with van der Waals surface area (Å²) in [6.45, 7) is 1.60. The molecule has 4 rings (SSSR count). The number of amides is 1. The molecule has 1 saturated heterocycles. The van der Waals surface area contributed by atoms with E-state index in [1.807, 2.05) is 53.4 Å². The average molecular weight is 338 g/mol. The smallest absolute Gasteiger partial charge is 0.260 e. The van der Waals surface area contributed by atoms with Crippen molar-refractivity contribution in [2.24, 2.45) is 0 Å². The third kappa shape index (κ3) is 3.12. The van der Waals surface area contributed by atoms with E-state index in [0.717, 1.165) is 35.8 Å². The van der Waals surface area contributed by atoms with Gasteiger partial charge in [-0.15, -0.1) is 11.3 Å². The van der Waals surface area contributed by atoms with Gasteiger partial charge >= 0.3 is 0 Å². The molecule has 1 aliphatic rings. The number of hydrogen-bond donors (Lipinski definition) is 0. The van der Waals surface area contributed by atoms with Crippen LogP contribution in [0.5, 0.6) is 5.75 Å². The van der Waals surface area contributed by atoms with Gasteiger partial charge in [-0.05, 0) is 30.7 Å². The molecule has 0 N–H and O–H groups in total. The number of rotatable bonds is 4. The number of ether oxygens (including phenoxy) is 1. The summed E-state index contributed by atoms with van der Waals surface area (Å²) in [5, 5.41) is 1.13. The molecule has 0 spiro atoms. The van der Waals surface area contributed by atoms with Gasteiger partial charge in [0.05, 0.1) is 15.2 Å². The highest BCUT2D eigenvalue weighted by atomic mass is 32.1. The van der Waals surface area contributed by atoms with Crippen molar-refractivity contribution in [3.05, 3.63) is 59.6 Å². The molecule has 0 saturated carbocycles. The van der Waals surface area contributed by atoms with Crippen LogP contribution in [-0.2, 0) is 4.79 Å². The van der Waals surface area contributed by atoms with E-state index in [4.69, 9.17) is 9.72 Å². The SMILES string of the molecule is O=C(COc1ccccc1)N1CCC(c2nc3ccccc3s2)C1. The summed E-state index contributed by atoms with van der Waals surface area (Å²) in [6.07, 6.45) is 0.969. The van der Waals surface area contributed by atoms with Gasteiger partial charge in [-0.1, -0.05) is 30.3 Å². The molecular formula is C19H18N2O2S. The van der Waals surface area contributed by atoms with E-state index in [0.29, 0.717) is 5.92 Å². The lowest BCUT2D eigenvalue weighted by Gasteiger charge is -2.16. The van der Waals surface area contributed by atoms with Crippen molar-refractivity contribution in [1.29, 1.82) is 0 Å². The highest BCUT2D eigenvalue weighted by Gasteiger charge is 2.29. The highest BCUT2D eigenvalue weighted by molar-refractivity contribution is 7.18. The Labute approximate surface area is 144 Å². The fourth-order valence-electron chi connectivity index (χ4n) is 3.01. The Hall–Kier alpha value is -2.40. The Morgan fingerprint density at radius 2 is 1.96 bits per heavy atom. The average Bonchev–Trinajstić information content (AvgIpc) is 3.27. The number of likely N-dealkylation sites (tertiary alicyclic amines) is 1. The number of para-hydroxylation sites is 2. The van der Waals surface area contributed by atoms with Crippen molar-refractivity contribution in [2.75, 3.05) is 19.7 Å². The molecule has 122 valence electrons. The molecule has 0 bridgehead atoms. The topological polar surface area (TPSA) is 42.4 Å². The summed E-state index contributed by atoms with van der Waals surface area (Å²) in [5.74, 6) is 1.11. The van der Waals surface area contributed by atoms with Crippen LogP contribution in [0.4, 0.5) is 0 Å². The number of hydrogen-bond acceptors (Lipinski definition) is 4. The minimum absolute atomic E-state index is 0.0439. The zero-order valence-electron chi connectivity index (χ0n) is 13.2. The van der Waals surface area contributed by atoms with Gasteiger partial charge in [-0.25, -0.2) is 4.98 Å². The first-order valence-corrected chi connectivity index (χ1v) is 8.92. The van der Waals surface area contributed by atoms with Crippen LogP contribution in [0.2, 0.25) is 0 Å². The van der Waals surface area contributed by atoms with E-state index in [-0.39, 0.29) is 12.5 Å². The molecule has 1 unspecified atom stereocenters. The lowest BCUT2D eigenvalue weighted by Crippen LogP contribution is -2.32. The normalized spacial score (nSPS) is 17.3. The second-order valence-corrected chi connectivity index (χ2v) is 7.01. The first-order chi connectivity index (χ1) is 11.8. The Balaban J connectivity index is 1.38. The summed E-state index contributed by atoms with van der Waals surface area (Å²) in [6, 6.07) is 17.6. The number of fused-ring (bicyclic) bond motifs is 1. The number of carbonyl (C=O) groups excluding carboxylic acids is 1. The zero-order chi connectivity index (χ0) is 16.4. The first-order valence-electron chi connectivity index (χ1n) is 8.11. The molecule has 2 heterocycles. The monoisotopic (exact) mass is 338 g/mol. The molecule has 24 heavy (non-hydrogen) atoms. The second kappa shape index (κ2) is 6.61. The van der Waals surface area contributed by atoms with E-state index >= 15 is 0 Å². The summed E-state index contributed by atoms with van der Waals surface area (Å²) in [7, 11) is 0. The maximum atomic E-state index is 12.4. The molecule has 4 nitrogen and oxygen atoms in total. The van der Waals surface area contributed by atoms with Crippen molar-refractivity contribution >= 4 is 27.5 Å². The maximum Gasteiger partial charge on any atom is 0.260 e. The van der Waals surface area contributed by atoms with Crippen LogP contribution >= 0.6 is 11.3 Å². The fraction of sp³-hybridized carbons (Fsp3) is 0.263. The molecule has 3 aromatic rings. The predicted octanol–water partition coefficient (Wildman–Crippen LogP) is 3.69. The minimum atomic E-state index is 0.0439. The maximum absolute atomic E-state index is 12.4. The van der Waals surface area contributed by atoms with Gasteiger partial charge in [-0.3, -0.25) is 4.79 Å². The summed E-state index contributed by atoms with van der Waals surface area (Å²) in [5.41, 5.74) is 1.05. The highest BCUT2D eigenvalue weighted by Crippen LogP contribution is 2.33. The summed E-state index contributed by atoms with van der Waals surface area (Å²) in [4.78, 5) is 19.0. The molecule has 1 amide bonds. The van der Waals surface area contributed by atoms with E-state index in [1.54, 1.807) is 11.3 Å². The van der Waals surface area contributed by atoms with Crippen LogP contribution in [0, 0.1) is 0 Å². The van der Waals surface area contributed by atoms with Gasteiger partial charge in [0.15, 0.2) is 6.61 Å². The molecule has 1 fully saturated rings. The number of nitrogens with zero attached hydrogens (tertiary/aromatic N) is 2. The molecule has 5 heteroatoms. The fourth-order valence-corrected chi connectivity index (χ4v) is 4.10. The molecule has 0 radical (unpaired) electrons. The van der Waals surface area contributed by atoms with Crippen molar-refractivity contribution in [3.8, 4) is 5.75 Å². The first kappa shape index (κ1) is 15.1. The lowest BCUT2D eigenvalue weighted by molar-refractivity contribution is -0.132. The third-order valence-electron chi connectivity index (χ3n) is 4.31. The van der Waals surface area contributed by atoms with Gasteiger partial charge in [0.2, 0.25) is 0 Å². The van der Waals surface area contributed by atoms with Gasteiger partial charge < -0.3 is 9.64 Å². The standard InChI is InChI=1S/C19H18N2O2S/c22-18(13-23-15-6-2-1-3-7-15)21-11-10-14(12-21)19-20-16-8-4-5-9-17(16)24-19/h1-9,14H,10-13H2. The Morgan fingerprint density at radius 1 is 1.17 bits per heavy atom. The van der Waals surface area contributed by atoms with Crippen LogP contribution in [0.25, 0.3) is 10.2 Å².